The van der Waals surface area contributed by atoms with Gasteiger partial charge in [-0.3, -0.25) is 9.59 Å². The zero-order valence-electron chi connectivity index (χ0n) is 8.69. The van der Waals surface area contributed by atoms with E-state index in [4.69, 9.17) is 4.74 Å². The summed E-state index contributed by atoms with van der Waals surface area (Å²) in [6, 6.07) is 0. The van der Waals surface area contributed by atoms with Crippen molar-refractivity contribution in [2.75, 3.05) is 0 Å². The Morgan fingerprint density at radius 3 is 1.67 bits per heavy atom. The third-order valence-electron chi connectivity index (χ3n) is 4.07. The number of rotatable bonds is 2. The molecule has 4 atom stereocenters. The number of carboxylic acids is 2. The molecule has 1 heterocycles. The van der Waals surface area contributed by atoms with Crippen LogP contribution < -0.4 is 0 Å². The average Bonchev–Trinajstić information content (AvgIpc) is 2.82. The Balaban J connectivity index is 2.40. The Morgan fingerprint density at radius 1 is 1.07 bits per heavy atom. The summed E-state index contributed by atoms with van der Waals surface area (Å²) in [5.41, 5.74) is -2.48. The predicted molar refractivity (Wildman–Crippen MR) is 49.4 cm³/mol. The van der Waals surface area contributed by atoms with Crippen molar-refractivity contribution >= 4 is 11.9 Å². The normalized spacial score (nSPS) is 48.1. The van der Waals surface area contributed by atoms with Crippen LogP contribution in [-0.4, -0.2) is 34.4 Å². The van der Waals surface area contributed by atoms with E-state index in [0.717, 1.165) is 0 Å². The first-order valence-electron chi connectivity index (χ1n) is 4.93. The first-order valence-corrected chi connectivity index (χ1v) is 4.93. The van der Waals surface area contributed by atoms with Gasteiger partial charge in [-0.15, -0.1) is 0 Å². The van der Waals surface area contributed by atoms with Gasteiger partial charge in [-0.25, -0.2) is 0 Å². The molecule has 1 saturated carbocycles. The van der Waals surface area contributed by atoms with Crippen LogP contribution in [0.5, 0.6) is 0 Å². The van der Waals surface area contributed by atoms with Gasteiger partial charge in [-0.2, -0.15) is 0 Å². The van der Waals surface area contributed by atoms with Crippen molar-refractivity contribution < 1.29 is 24.5 Å². The number of epoxide rings is 1. The van der Waals surface area contributed by atoms with E-state index in [1.54, 1.807) is 0 Å². The zero-order valence-corrected chi connectivity index (χ0v) is 8.69. The summed E-state index contributed by atoms with van der Waals surface area (Å²) in [4.78, 5) is 22.5. The average molecular weight is 214 g/mol. The highest BCUT2D eigenvalue weighted by molar-refractivity contribution is 5.86. The summed E-state index contributed by atoms with van der Waals surface area (Å²) in [6.07, 6.45) is 0.461. The Bertz CT molecular complexity index is 307. The van der Waals surface area contributed by atoms with E-state index in [9.17, 15) is 19.8 Å². The van der Waals surface area contributed by atoms with E-state index >= 15 is 0 Å². The van der Waals surface area contributed by atoms with Gasteiger partial charge in [0.05, 0.1) is 23.0 Å². The molecule has 0 aromatic heterocycles. The minimum absolute atomic E-state index is 0.0569. The van der Waals surface area contributed by atoms with Crippen LogP contribution >= 0.6 is 0 Å². The molecular weight excluding hydrogens is 200 g/mol. The van der Waals surface area contributed by atoms with Gasteiger partial charge in [-0.05, 0) is 26.7 Å². The number of hydrogen-bond acceptors (Lipinski definition) is 3. The summed E-state index contributed by atoms with van der Waals surface area (Å²) in [5, 5.41) is 18.4. The fourth-order valence-corrected chi connectivity index (χ4v) is 2.44. The molecule has 2 N–H and O–H groups in total. The second kappa shape index (κ2) is 2.72. The van der Waals surface area contributed by atoms with E-state index in [1.807, 2.05) is 0 Å². The maximum absolute atomic E-state index is 11.2. The van der Waals surface area contributed by atoms with E-state index in [1.165, 1.54) is 13.8 Å². The Kier molecular flexibility index (Phi) is 1.89. The second-order valence-corrected chi connectivity index (χ2v) is 4.90. The molecule has 0 radical (unpaired) electrons. The number of ether oxygens (including phenoxy) is 1. The van der Waals surface area contributed by atoms with E-state index in [-0.39, 0.29) is 25.0 Å². The van der Waals surface area contributed by atoms with Crippen LogP contribution in [0.25, 0.3) is 0 Å². The van der Waals surface area contributed by atoms with Gasteiger partial charge in [0.25, 0.3) is 0 Å². The first kappa shape index (κ1) is 10.4. The molecule has 5 heteroatoms. The van der Waals surface area contributed by atoms with Gasteiger partial charge in [0.15, 0.2) is 0 Å². The lowest BCUT2D eigenvalue weighted by molar-refractivity contribution is -0.174. The molecule has 1 saturated heterocycles. The summed E-state index contributed by atoms with van der Waals surface area (Å²) in [7, 11) is 0. The van der Waals surface area contributed by atoms with Gasteiger partial charge in [0, 0.05) is 0 Å². The Hall–Kier alpha value is -1.10. The highest BCUT2D eigenvalue weighted by Gasteiger charge is 2.65. The van der Waals surface area contributed by atoms with E-state index in [0.29, 0.717) is 0 Å². The van der Waals surface area contributed by atoms with Crippen molar-refractivity contribution in [3.63, 3.8) is 0 Å². The van der Waals surface area contributed by atoms with Crippen LogP contribution in [0.3, 0.4) is 0 Å². The van der Waals surface area contributed by atoms with Gasteiger partial charge >= 0.3 is 11.9 Å². The molecule has 84 valence electrons. The molecule has 2 rings (SSSR count). The van der Waals surface area contributed by atoms with Crippen molar-refractivity contribution in [2.45, 2.75) is 38.9 Å². The molecule has 0 amide bonds. The topological polar surface area (TPSA) is 87.1 Å². The first-order chi connectivity index (χ1) is 6.81. The number of fused-ring (bicyclic) bond motifs is 1. The molecule has 0 spiro atoms. The molecule has 1 aliphatic carbocycles. The quantitative estimate of drug-likeness (QED) is 0.661. The zero-order chi connectivity index (χ0) is 11.4. The summed E-state index contributed by atoms with van der Waals surface area (Å²) in [5.74, 6) is -2.11. The van der Waals surface area contributed by atoms with E-state index < -0.39 is 22.8 Å². The number of carbonyl (C=O) groups is 2. The van der Waals surface area contributed by atoms with Crippen molar-refractivity contribution in [2.24, 2.45) is 10.8 Å². The van der Waals surface area contributed by atoms with E-state index in [2.05, 4.69) is 0 Å². The van der Waals surface area contributed by atoms with Crippen LogP contribution in [-0.2, 0) is 14.3 Å². The van der Waals surface area contributed by atoms with Crippen LogP contribution in [0.2, 0.25) is 0 Å². The number of aliphatic carboxylic acids is 2. The molecular formula is C10H14O5. The van der Waals surface area contributed by atoms with Gasteiger partial charge in [0.2, 0.25) is 0 Å². The van der Waals surface area contributed by atoms with Crippen LogP contribution in [0.1, 0.15) is 26.7 Å². The molecule has 15 heavy (non-hydrogen) atoms. The largest absolute Gasteiger partial charge is 0.481 e. The highest BCUT2D eigenvalue weighted by atomic mass is 16.6. The molecule has 0 aromatic carbocycles. The van der Waals surface area contributed by atoms with Crippen molar-refractivity contribution in [1.82, 2.24) is 0 Å². The lowest BCUT2D eigenvalue weighted by Crippen LogP contribution is -2.52. The maximum atomic E-state index is 11.2. The van der Waals surface area contributed by atoms with Crippen LogP contribution in [0, 0.1) is 10.8 Å². The van der Waals surface area contributed by atoms with Crippen molar-refractivity contribution in [3.8, 4) is 0 Å². The standard InChI is InChI=1S/C10H14O5/c1-9(7(11)12)3-5-6(15-5)4-10(9,2)8(13)14/h5-6H,3-4H2,1-2H3,(H,11,12)(H,13,14). The van der Waals surface area contributed by atoms with Crippen molar-refractivity contribution in [3.05, 3.63) is 0 Å². The predicted octanol–water partition coefficient (Wildman–Crippen LogP) is 0.729. The highest BCUT2D eigenvalue weighted by Crippen LogP contribution is 2.56. The molecule has 0 bridgehead atoms. The van der Waals surface area contributed by atoms with Crippen LogP contribution in [0.4, 0.5) is 0 Å². The summed E-state index contributed by atoms with van der Waals surface area (Å²) < 4.78 is 5.24. The Morgan fingerprint density at radius 2 is 1.40 bits per heavy atom. The lowest BCUT2D eigenvalue weighted by atomic mass is 9.57. The SMILES string of the molecule is CC1(C(=O)O)CC2OC2CC1(C)C(=O)O. The summed E-state index contributed by atoms with van der Waals surface area (Å²) >= 11 is 0. The monoisotopic (exact) mass is 214 g/mol. The molecule has 1 aliphatic heterocycles. The summed E-state index contributed by atoms with van der Waals surface area (Å²) in [6.45, 7) is 3.00. The Labute approximate surface area is 87.0 Å². The van der Waals surface area contributed by atoms with Crippen molar-refractivity contribution in [1.29, 1.82) is 0 Å². The molecule has 0 aromatic rings. The van der Waals surface area contributed by atoms with Gasteiger partial charge in [0.1, 0.15) is 0 Å². The lowest BCUT2D eigenvalue weighted by Gasteiger charge is -2.42. The van der Waals surface area contributed by atoms with Crippen LogP contribution in [0.15, 0.2) is 0 Å². The smallest absolute Gasteiger partial charge is 0.310 e. The molecule has 5 nitrogen and oxygen atoms in total. The van der Waals surface area contributed by atoms with Gasteiger partial charge < -0.3 is 14.9 Å². The molecule has 2 fully saturated rings. The third-order valence-corrected chi connectivity index (χ3v) is 4.07. The fraction of sp³-hybridized carbons (Fsp3) is 0.800. The number of carboxylic acid groups (broad SMARTS) is 2. The molecule has 4 unspecified atom stereocenters. The third kappa shape index (κ3) is 1.19. The minimum Gasteiger partial charge on any atom is -0.481 e. The van der Waals surface area contributed by atoms with Gasteiger partial charge in [-0.1, -0.05) is 0 Å². The maximum Gasteiger partial charge on any atom is 0.310 e. The second-order valence-electron chi connectivity index (χ2n) is 4.90. The molecule has 2 aliphatic rings. The number of hydrogen-bond donors (Lipinski definition) is 2. The fourth-order valence-electron chi connectivity index (χ4n) is 2.44. The minimum atomic E-state index is -1.24.